The Bertz CT molecular complexity index is 361. The van der Waals surface area contributed by atoms with E-state index in [-0.39, 0.29) is 0 Å². The molecule has 0 amide bonds. The number of hydrogen-bond donors (Lipinski definition) is 1. The van der Waals surface area contributed by atoms with Crippen molar-refractivity contribution in [1.29, 1.82) is 0 Å². The van der Waals surface area contributed by atoms with Crippen molar-refractivity contribution in [1.82, 2.24) is 4.98 Å². The lowest BCUT2D eigenvalue weighted by Crippen LogP contribution is -2.09. The van der Waals surface area contributed by atoms with E-state index in [0.717, 1.165) is 12.8 Å². The Hall–Kier alpha value is -1.06. The number of aliphatic hydroxyl groups excluding tert-OH is 1. The molecule has 1 aromatic heterocycles. The van der Waals surface area contributed by atoms with Crippen LogP contribution in [0.4, 0.5) is 0 Å². The fourth-order valence-corrected chi connectivity index (χ4v) is 1.59. The summed E-state index contributed by atoms with van der Waals surface area (Å²) >= 11 is 5.66. The molecule has 0 aliphatic carbocycles. The second-order valence-electron chi connectivity index (χ2n) is 3.41. The molecule has 80 valence electrons. The summed E-state index contributed by atoms with van der Waals surface area (Å²) in [6.45, 7) is 0.671. The predicted molar refractivity (Wildman–Crippen MR) is 57.5 cm³/mol. The van der Waals surface area contributed by atoms with Gasteiger partial charge < -0.3 is 9.84 Å². The summed E-state index contributed by atoms with van der Waals surface area (Å²) in [5.41, 5.74) is 0.701. The normalized spacial score (nSPS) is 17.9. The second kappa shape index (κ2) is 4.64. The molecule has 0 spiro atoms. The molecule has 0 saturated heterocycles. The molecule has 0 fully saturated rings. The minimum atomic E-state index is -0.727. The lowest BCUT2D eigenvalue weighted by atomic mass is 10.1. The van der Waals surface area contributed by atoms with E-state index in [1.54, 1.807) is 18.3 Å². The van der Waals surface area contributed by atoms with Gasteiger partial charge in [-0.25, -0.2) is 4.98 Å². The first-order valence-electron chi connectivity index (χ1n) is 4.90. The van der Waals surface area contributed by atoms with Crippen molar-refractivity contribution in [2.24, 2.45) is 0 Å². The van der Waals surface area contributed by atoms with Gasteiger partial charge in [-0.2, -0.15) is 0 Å². The third kappa shape index (κ3) is 2.49. The molecule has 0 bridgehead atoms. The number of halogens is 1. The van der Waals surface area contributed by atoms with Gasteiger partial charge >= 0.3 is 0 Å². The van der Waals surface area contributed by atoms with Crippen molar-refractivity contribution in [2.45, 2.75) is 18.9 Å². The average Bonchev–Trinajstić information content (AvgIpc) is 2.30. The lowest BCUT2D eigenvalue weighted by Gasteiger charge is -2.19. The van der Waals surface area contributed by atoms with Crippen LogP contribution in [0.15, 0.2) is 30.2 Å². The number of hydrogen-bond acceptors (Lipinski definition) is 3. The zero-order valence-electron chi connectivity index (χ0n) is 8.19. The maximum absolute atomic E-state index is 9.96. The van der Waals surface area contributed by atoms with Crippen LogP contribution in [-0.2, 0) is 4.74 Å². The summed E-state index contributed by atoms with van der Waals surface area (Å²) in [6, 6.07) is 3.41. The summed E-state index contributed by atoms with van der Waals surface area (Å²) < 4.78 is 5.37. The monoisotopic (exact) mass is 225 g/mol. The van der Waals surface area contributed by atoms with Crippen LogP contribution < -0.4 is 0 Å². The van der Waals surface area contributed by atoms with E-state index in [2.05, 4.69) is 4.98 Å². The van der Waals surface area contributed by atoms with Gasteiger partial charge in [-0.1, -0.05) is 17.7 Å². The number of nitrogens with zero attached hydrogens (tertiary/aromatic N) is 1. The van der Waals surface area contributed by atoms with Crippen molar-refractivity contribution >= 4 is 11.6 Å². The first kappa shape index (κ1) is 10.5. The Morgan fingerprint density at radius 2 is 2.33 bits per heavy atom. The van der Waals surface area contributed by atoms with Crippen LogP contribution in [0.5, 0.6) is 0 Å². The van der Waals surface area contributed by atoms with Gasteiger partial charge in [-0.05, 0) is 25.0 Å². The van der Waals surface area contributed by atoms with Crippen LogP contribution in [0.1, 0.15) is 24.5 Å². The number of aromatic nitrogens is 1. The maximum atomic E-state index is 9.96. The third-order valence-corrected chi connectivity index (χ3v) is 2.52. The molecule has 1 N–H and O–H groups in total. The van der Waals surface area contributed by atoms with Crippen molar-refractivity contribution < 1.29 is 9.84 Å². The molecule has 15 heavy (non-hydrogen) atoms. The Labute approximate surface area is 93.4 Å². The maximum Gasteiger partial charge on any atom is 0.137 e. The van der Waals surface area contributed by atoms with E-state index >= 15 is 0 Å². The van der Waals surface area contributed by atoms with Crippen molar-refractivity contribution in [3.05, 3.63) is 40.9 Å². The van der Waals surface area contributed by atoms with Gasteiger partial charge in [0.1, 0.15) is 17.0 Å². The van der Waals surface area contributed by atoms with Gasteiger partial charge in [0.15, 0.2) is 0 Å². The second-order valence-corrected chi connectivity index (χ2v) is 3.80. The standard InChI is InChI=1S/C11H12ClNO2/c12-10-5-4-8(7-13-10)11(14)9-3-1-2-6-15-9/h3-5,7,11,14H,1-2,6H2. The highest BCUT2D eigenvalue weighted by molar-refractivity contribution is 6.29. The number of rotatable bonds is 2. The highest BCUT2D eigenvalue weighted by Crippen LogP contribution is 2.25. The van der Waals surface area contributed by atoms with Gasteiger partial charge in [0.05, 0.1) is 6.61 Å². The number of ether oxygens (including phenoxy) is 1. The molecule has 1 aliphatic heterocycles. The van der Waals surface area contributed by atoms with Gasteiger partial charge in [-0.15, -0.1) is 0 Å². The first-order valence-corrected chi connectivity index (χ1v) is 5.27. The summed E-state index contributed by atoms with van der Waals surface area (Å²) in [7, 11) is 0. The molecule has 4 heteroatoms. The van der Waals surface area contributed by atoms with Gasteiger partial charge in [0, 0.05) is 11.8 Å². The molecule has 3 nitrogen and oxygen atoms in total. The van der Waals surface area contributed by atoms with Crippen molar-refractivity contribution in [2.75, 3.05) is 6.61 Å². The zero-order valence-corrected chi connectivity index (χ0v) is 8.94. The fraction of sp³-hybridized carbons (Fsp3) is 0.364. The Morgan fingerprint density at radius 3 is 2.93 bits per heavy atom. The van der Waals surface area contributed by atoms with E-state index < -0.39 is 6.10 Å². The number of aliphatic hydroxyl groups is 1. The zero-order chi connectivity index (χ0) is 10.7. The van der Waals surface area contributed by atoms with Crippen LogP contribution in [0, 0.1) is 0 Å². The van der Waals surface area contributed by atoms with Crippen LogP contribution in [-0.4, -0.2) is 16.7 Å². The van der Waals surface area contributed by atoms with Crippen molar-refractivity contribution in [3.8, 4) is 0 Å². The summed E-state index contributed by atoms with van der Waals surface area (Å²) in [4.78, 5) is 3.92. The highest BCUT2D eigenvalue weighted by atomic mass is 35.5. The fourth-order valence-electron chi connectivity index (χ4n) is 1.48. The minimum Gasteiger partial charge on any atom is -0.495 e. The van der Waals surface area contributed by atoms with Gasteiger partial charge in [-0.3, -0.25) is 0 Å². The molecule has 1 aliphatic rings. The SMILES string of the molecule is OC(C1=CCCCO1)c1ccc(Cl)nc1. The minimum absolute atomic E-state index is 0.421. The summed E-state index contributed by atoms with van der Waals surface area (Å²) in [5.74, 6) is 0.616. The third-order valence-electron chi connectivity index (χ3n) is 2.30. The molecule has 0 saturated carbocycles. The molecule has 1 atom stereocenters. The molecule has 0 radical (unpaired) electrons. The quantitative estimate of drug-likeness (QED) is 0.787. The van der Waals surface area contributed by atoms with E-state index in [4.69, 9.17) is 16.3 Å². The molecular weight excluding hydrogens is 214 g/mol. The largest absolute Gasteiger partial charge is 0.495 e. The summed E-state index contributed by atoms with van der Waals surface area (Å²) in [5, 5.41) is 10.4. The topological polar surface area (TPSA) is 42.4 Å². The Balaban J connectivity index is 2.16. The van der Waals surface area contributed by atoms with Crippen LogP contribution in [0.3, 0.4) is 0 Å². The van der Waals surface area contributed by atoms with E-state index in [1.807, 2.05) is 6.08 Å². The number of allylic oxidation sites excluding steroid dienone is 1. The summed E-state index contributed by atoms with van der Waals surface area (Å²) in [6.07, 6.45) is 4.71. The Morgan fingerprint density at radius 1 is 1.47 bits per heavy atom. The van der Waals surface area contributed by atoms with Gasteiger partial charge in [0.25, 0.3) is 0 Å². The first-order chi connectivity index (χ1) is 7.27. The smallest absolute Gasteiger partial charge is 0.137 e. The molecule has 2 heterocycles. The van der Waals surface area contributed by atoms with E-state index in [0.29, 0.717) is 23.1 Å². The molecule has 1 aromatic rings. The van der Waals surface area contributed by atoms with Crippen LogP contribution >= 0.6 is 11.6 Å². The lowest BCUT2D eigenvalue weighted by molar-refractivity contribution is 0.0916. The highest BCUT2D eigenvalue weighted by Gasteiger charge is 2.17. The molecule has 0 aromatic carbocycles. The Kier molecular flexibility index (Phi) is 3.23. The predicted octanol–water partition coefficient (Wildman–Crippen LogP) is 2.46. The van der Waals surface area contributed by atoms with Crippen LogP contribution in [0.2, 0.25) is 5.15 Å². The van der Waals surface area contributed by atoms with E-state index in [1.165, 1.54) is 0 Å². The number of pyridine rings is 1. The van der Waals surface area contributed by atoms with Gasteiger partial charge in [0.2, 0.25) is 0 Å². The molecule has 1 unspecified atom stereocenters. The molecule has 2 rings (SSSR count). The molecular formula is C11H12ClNO2. The van der Waals surface area contributed by atoms with Crippen molar-refractivity contribution in [3.63, 3.8) is 0 Å². The van der Waals surface area contributed by atoms with E-state index in [9.17, 15) is 5.11 Å². The van der Waals surface area contributed by atoms with Crippen LogP contribution in [0.25, 0.3) is 0 Å². The average molecular weight is 226 g/mol.